The first-order valence-corrected chi connectivity index (χ1v) is 15.3. The van der Waals surface area contributed by atoms with Crippen LogP contribution < -0.4 is 0 Å². The second kappa shape index (κ2) is 15.0. The summed E-state index contributed by atoms with van der Waals surface area (Å²) >= 11 is 0. The molecule has 1 N–H and O–H groups in total. The quantitative estimate of drug-likeness (QED) is 0.134. The predicted octanol–water partition coefficient (Wildman–Crippen LogP) is 9.07. The van der Waals surface area contributed by atoms with Crippen molar-refractivity contribution in [3.63, 3.8) is 0 Å². The van der Waals surface area contributed by atoms with Gasteiger partial charge in [0, 0.05) is 6.42 Å². The molecular weight excluding hydrogens is 492 g/mol. The molecule has 40 heavy (non-hydrogen) atoms. The van der Waals surface area contributed by atoms with E-state index >= 15 is 0 Å². The first kappa shape index (κ1) is 29.8. The van der Waals surface area contributed by atoms with E-state index in [4.69, 9.17) is 9.84 Å². The van der Waals surface area contributed by atoms with Gasteiger partial charge < -0.3 is 9.84 Å². The van der Waals surface area contributed by atoms with E-state index in [9.17, 15) is 4.79 Å². The van der Waals surface area contributed by atoms with Crippen LogP contribution in [-0.4, -0.2) is 24.3 Å². The largest absolute Gasteiger partial charge is 0.462 e. The molecule has 3 nitrogen and oxygen atoms in total. The van der Waals surface area contributed by atoms with E-state index in [0.29, 0.717) is 6.42 Å². The number of carbonyl (C=O) groups is 1. The number of hydrogen-bond donors (Lipinski definition) is 1. The summed E-state index contributed by atoms with van der Waals surface area (Å²) in [5, 5.41) is 8.97. The van der Waals surface area contributed by atoms with Crippen LogP contribution in [0.15, 0.2) is 78.9 Å². The average Bonchev–Trinajstić information content (AvgIpc) is 3.01. The highest BCUT2D eigenvalue weighted by atomic mass is 16.5. The lowest BCUT2D eigenvalue weighted by Crippen LogP contribution is -2.13. The van der Waals surface area contributed by atoms with Crippen LogP contribution in [0.5, 0.6) is 0 Å². The number of aryl methyl sites for hydroxylation is 1. The van der Waals surface area contributed by atoms with Gasteiger partial charge in [0.2, 0.25) is 0 Å². The summed E-state index contributed by atoms with van der Waals surface area (Å²) in [5.74, 6) is 1.13. The minimum absolute atomic E-state index is 0.0804. The van der Waals surface area contributed by atoms with Crippen LogP contribution in [0.25, 0.3) is 22.3 Å². The topological polar surface area (TPSA) is 46.5 Å². The molecule has 0 heterocycles. The fourth-order valence-electron chi connectivity index (χ4n) is 6.04. The van der Waals surface area contributed by atoms with Crippen molar-refractivity contribution in [1.82, 2.24) is 0 Å². The Morgan fingerprint density at radius 1 is 0.875 bits per heavy atom. The molecule has 0 saturated heterocycles. The molecule has 0 amide bonds. The van der Waals surface area contributed by atoms with Crippen molar-refractivity contribution >= 4 is 5.97 Å². The second-order valence-electron chi connectivity index (χ2n) is 11.4. The van der Waals surface area contributed by atoms with Gasteiger partial charge in [-0.15, -0.1) is 0 Å². The maximum Gasteiger partial charge on any atom is 0.335 e. The van der Waals surface area contributed by atoms with Gasteiger partial charge in [0.25, 0.3) is 0 Å². The first-order chi connectivity index (χ1) is 19.5. The summed E-state index contributed by atoms with van der Waals surface area (Å²) in [5.41, 5.74) is 9.06. The number of aliphatic hydroxyl groups is 1. The Morgan fingerprint density at radius 3 is 2.20 bits per heavy atom. The Labute approximate surface area is 241 Å². The van der Waals surface area contributed by atoms with Gasteiger partial charge in [0.15, 0.2) is 0 Å². The SMILES string of the molecule is C=C(CO)C(=O)OCCc1ccc(-c2ccc(-c3ccc(C4CCC(CCCCC)CC4)cc3)c(CC)c2)cc1. The Hall–Kier alpha value is -3.17. The molecule has 3 aromatic rings. The summed E-state index contributed by atoms with van der Waals surface area (Å²) in [6.45, 7) is 7.91. The predicted molar refractivity (Wildman–Crippen MR) is 166 cm³/mol. The molecule has 0 atom stereocenters. The van der Waals surface area contributed by atoms with Gasteiger partial charge in [0.1, 0.15) is 0 Å². The number of esters is 1. The van der Waals surface area contributed by atoms with Crippen LogP contribution in [0.3, 0.4) is 0 Å². The molecule has 1 saturated carbocycles. The molecule has 3 heteroatoms. The van der Waals surface area contributed by atoms with Gasteiger partial charge in [-0.1, -0.05) is 113 Å². The molecule has 0 spiro atoms. The zero-order valence-electron chi connectivity index (χ0n) is 24.5. The first-order valence-electron chi connectivity index (χ1n) is 15.3. The van der Waals surface area contributed by atoms with Crippen molar-refractivity contribution < 1.29 is 14.6 Å². The highest BCUT2D eigenvalue weighted by molar-refractivity contribution is 5.87. The molecule has 212 valence electrons. The average molecular weight is 539 g/mol. The van der Waals surface area contributed by atoms with Gasteiger partial charge in [-0.3, -0.25) is 0 Å². The van der Waals surface area contributed by atoms with Crippen molar-refractivity contribution in [1.29, 1.82) is 0 Å². The van der Waals surface area contributed by atoms with E-state index in [0.717, 1.165) is 23.8 Å². The van der Waals surface area contributed by atoms with Gasteiger partial charge in [-0.2, -0.15) is 0 Å². The van der Waals surface area contributed by atoms with Crippen LogP contribution in [0.4, 0.5) is 0 Å². The van der Waals surface area contributed by atoms with E-state index < -0.39 is 5.97 Å². The molecular formula is C37H46O3. The third-order valence-corrected chi connectivity index (χ3v) is 8.63. The van der Waals surface area contributed by atoms with E-state index in [-0.39, 0.29) is 18.8 Å². The lowest BCUT2D eigenvalue weighted by atomic mass is 9.77. The monoisotopic (exact) mass is 538 g/mol. The smallest absolute Gasteiger partial charge is 0.335 e. The van der Waals surface area contributed by atoms with Crippen LogP contribution in [-0.2, 0) is 22.4 Å². The number of hydrogen-bond acceptors (Lipinski definition) is 3. The lowest BCUT2D eigenvalue weighted by Gasteiger charge is -2.29. The maximum absolute atomic E-state index is 11.6. The number of rotatable bonds is 13. The van der Waals surface area contributed by atoms with Crippen molar-refractivity contribution in [3.8, 4) is 22.3 Å². The number of ether oxygens (including phenoxy) is 1. The lowest BCUT2D eigenvalue weighted by molar-refractivity contribution is -0.139. The summed E-state index contributed by atoms with van der Waals surface area (Å²) in [4.78, 5) is 11.6. The van der Waals surface area contributed by atoms with Crippen molar-refractivity contribution in [2.24, 2.45) is 5.92 Å². The number of benzene rings is 3. The molecule has 1 aliphatic rings. The van der Waals surface area contributed by atoms with E-state index in [1.54, 1.807) is 0 Å². The normalized spacial score (nSPS) is 17.0. The molecule has 0 aliphatic heterocycles. The molecule has 1 aliphatic carbocycles. The van der Waals surface area contributed by atoms with E-state index in [1.807, 2.05) is 0 Å². The fourth-order valence-corrected chi connectivity index (χ4v) is 6.04. The standard InChI is InChI=1S/C37H46O3/c1-4-6-7-8-28-9-13-31(14-10-28)32-17-19-34(20-18-32)36-22-21-35(25-30(36)5-2)33-15-11-29(12-16-33)23-24-40-37(39)27(3)26-38/h11-12,15-22,25,28,31,38H,3-10,13-14,23-24,26H2,1-2H3. The van der Waals surface area contributed by atoms with Crippen LogP contribution in [0, 0.1) is 5.92 Å². The molecule has 0 radical (unpaired) electrons. The number of aliphatic hydroxyl groups excluding tert-OH is 1. The third kappa shape index (κ3) is 7.95. The molecule has 0 bridgehead atoms. The van der Waals surface area contributed by atoms with Crippen molar-refractivity contribution in [2.75, 3.05) is 13.2 Å². The van der Waals surface area contributed by atoms with E-state index in [2.05, 4.69) is 87.2 Å². The summed E-state index contributed by atoms with van der Waals surface area (Å²) in [7, 11) is 0. The summed E-state index contributed by atoms with van der Waals surface area (Å²) in [6.07, 6.45) is 12.6. The zero-order chi connectivity index (χ0) is 28.3. The Kier molecular flexibility index (Phi) is 11.2. The molecule has 1 fully saturated rings. The number of unbranched alkanes of at least 4 members (excludes halogenated alkanes) is 2. The summed E-state index contributed by atoms with van der Waals surface area (Å²) in [6, 6.07) is 24.6. The minimum atomic E-state index is -0.541. The Morgan fingerprint density at radius 2 is 1.55 bits per heavy atom. The fraction of sp³-hybridized carbons (Fsp3) is 0.432. The molecule has 4 rings (SSSR count). The van der Waals surface area contributed by atoms with Gasteiger partial charge in [-0.25, -0.2) is 4.79 Å². The molecule has 0 unspecified atom stereocenters. The van der Waals surface area contributed by atoms with Gasteiger partial charge in [0.05, 0.1) is 18.8 Å². The van der Waals surface area contributed by atoms with Crippen LogP contribution in [0.1, 0.15) is 87.8 Å². The maximum atomic E-state index is 11.6. The Balaban J connectivity index is 1.36. The van der Waals surface area contributed by atoms with Crippen molar-refractivity contribution in [3.05, 3.63) is 95.6 Å². The highest BCUT2D eigenvalue weighted by Crippen LogP contribution is 2.38. The van der Waals surface area contributed by atoms with Crippen LogP contribution >= 0.6 is 0 Å². The highest BCUT2D eigenvalue weighted by Gasteiger charge is 2.22. The van der Waals surface area contributed by atoms with Crippen molar-refractivity contribution in [2.45, 2.75) is 84.0 Å². The third-order valence-electron chi connectivity index (χ3n) is 8.63. The molecule has 0 aromatic heterocycles. The number of carbonyl (C=O) groups excluding carboxylic acids is 1. The Bertz CT molecular complexity index is 1230. The van der Waals surface area contributed by atoms with Gasteiger partial charge >= 0.3 is 5.97 Å². The van der Waals surface area contributed by atoms with Gasteiger partial charge in [-0.05, 0) is 82.9 Å². The second-order valence-corrected chi connectivity index (χ2v) is 11.4. The molecule has 3 aromatic carbocycles. The summed E-state index contributed by atoms with van der Waals surface area (Å²) < 4.78 is 5.16. The minimum Gasteiger partial charge on any atom is -0.462 e. The van der Waals surface area contributed by atoms with Crippen LogP contribution in [0.2, 0.25) is 0 Å². The van der Waals surface area contributed by atoms with E-state index in [1.165, 1.54) is 84.7 Å². The zero-order valence-corrected chi connectivity index (χ0v) is 24.5.